The van der Waals surface area contributed by atoms with Crippen molar-refractivity contribution in [3.8, 4) is 0 Å². The molecule has 0 heterocycles. The molecule has 21 heavy (non-hydrogen) atoms. The Kier molecular flexibility index (Phi) is 9.68. The number of hydrogen-bond donors (Lipinski definition) is 0. The number of amidine groups is 1. The van der Waals surface area contributed by atoms with E-state index in [1.165, 1.54) is 0 Å². The number of aliphatic imine (C=N–C) groups is 1. The van der Waals surface area contributed by atoms with Crippen LogP contribution in [0.3, 0.4) is 0 Å². The van der Waals surface area contributed by atoms with E-state index in [-0.39, 0.29) is 5.54 Å². The Labute approximate surface area is 137 Å². The summed E-state index contributed by atoms with van der Waals surface area (Å²) in [5.41, 5.74) is -0.0600. The van der Waals surface area contributed by atoms with E-state index in [0.717, 1.165) is 25.7 Å². The highest BCUT2D eigenvalue weighted by atomic mass is 35.5. The van der Waals surface area contributed by atoms with Crippen molar-refractivity contribution in [2.45, 2.75) is 71.9 Å². The summed E-state index contributed by atoms with van der Waals surface area (Å²) in [7, 11) is 2.04. The number of allylic oxidation sites excluding steroid dienone is 3. The average Bonchev–Trinajstić information content (AvgIpc) is 2.50. The molecule has 2 atom stereocenters. The molecule has 0 spiro atoms. The van der Waals surface area contributed by atoms with Gasteiger partial charge in [-0.25, -0.2) is 0 Å². The first-order valence-corrected chi connectivity index (χ1v) is 8.48. The lowest BCUT2D eigenvalue weighted by molar-refractivity contribution is 0.271. The highest BCUT2D eigenvalue weighted by Gasteiger charge is 2.24. The fourth-order valence-corrected chi connectivity index (χ4v) is 2.61. The summed E-state index contributed by atoms with van der Waals surface area (Å²) in [6.45, 7) is 14.7. The number of nitrogens with zero attached hydrogens (tertiary/aromatic N) is 2. The SMILES string of the molecule is C=C/C=C\C[C@@H](CC)[C@H](C)N(C)C(Cl)=NC(C)(CC)CC. The lowest BCUT2D eigenvalue weighted by atomic mass is 9.93. The summed E-state index contributed by atoms with van der Waals surface area (Å²) in [5, 5.41) is 0.625. The maximum Gasteiger partial charge on any atom is 0.194 e. The first-order chi connectivity index (χ1) is 9.85. The van der Waals surface area contributed by atoms with Gasteiger partial charge in [-0.3, -0.25) is 4.99 Å². The summed E-state index contributed by atoms with van der Waals surface area (Å²) in [6.07, 6.45) is 10.2. The number of hydrogen-bond acceptors (Lipinski definition) is 1. The lowest BCUT2D eigenvalue weighted by Crippen LogP contribution is -2.39. The second-order valence-electron chi connectivity index (χ2n) is 6.00. The van der Waals surface area contributed by atoms with E-state index in [4.69, 9.17) is 16.6 Å². The minimum Gasteiger partial charge on any atom is -0.347 e. The van der Waals surface area contributed by atoms with Crippen LogP contribution < -0.4 is 0 Å². The molecule has 2 nitrogen and oxygen atoms in total. The van der Waals surface area contributed by atoms with Gasteiger partial charge < -0.3 is 4.90 Å². The van der Waals surface area contributed by atoms with E-state index in [0.29, 0.717) is 17.3 Å². The quantitative estimate of drug-likeness (QED) is 0.233. The number of rotatable bonds is 9. The van der Waals surface area contributed by atoms with E-state index in [1.807, 2.05) is 19.2 Å². The van der Waals surface area contributed by atoms with Gasteiger partial charge in [-0.1, -0.05) is 52.0 Å². The molecule has 0 N–H and O–H groups in total. The minimum atomic E-state index is -0.0600. The molecule has 0 fully saturated rings. The number of halogens is 1. The fraction of sp³-hybridized carbons (Fsp3) is 0.722. The molecule has 0 aliphatic heterocycles. The molecule has 0 aromatic carbocycles. The fourth-order valence-electron chi connectivity index (χ4n) is 2.25. The summed E-state index contributed by atoms with van der Waals surface area (Å²) in [5.74, 6) is 0.560. The molecule has 0 saturated carbocycles. The van der Waals surface area contributed by atoms with Crippen molar-refractivity contribution < 1.29 is 0 Å². The predicted molar refractivity (Wildman–Crippen MR) is 97.2 cm³/mol. The third kappa shape index (κ3) is 6.69. The Balaban J connectivity index is 4.94. The van der Waals surface area contributed by atoms with Crippen molar-refractivity contribution in [3.63, 3.8) is 0 Å². The van der Waals surface area contributed by atoms with Crippen LogP contribution in [0.4, 0.5) is 0 Å². The van der Waals surface area contributed by atoms with E-state index in [2.05, 4.69) is 52.2 Å². The smallest absolute Gasteiger partial charge is 0.194 e. The van der Waals surface area contributed by atoms with Crippen LogP contribution in [0.25, 0.3) is 0 Å². The molecule has 0 unspecified atom stereocenters. The lowest BCUT2D eigenvalue weighted by Gasteiger charge is -2.33. The maximum atomic E-state index is 6.47. The highest BCUT2D eigenvalue weighted by Crippen LogP contribution is 2.24. The highest BCUT2D eigenvalue weighted by molar-refractivity contribution is 6.64. The Bertz CT molecular complexity index is 356. The van der Waals surface area contributed by atoms with Gasteiger partial charge in [0.05, 0.1) is 5.54 Å². The third-order valence-corrected chi connectivity index (χ3v) is 5.06. The average molecular weight is 313 g/mol. The molecule has 0 radical (unpaired) electrons. The van der Waals surface area contributed by atoms with Crippen LogP contribution in [0.2, 0.25) is 0 Å². The van der Waals surface area contributed by atoms with Crippen molar-refractivity contribution in [2.75, 3.05) is 7.05 Å². The zero-order valence-electron chi connectivity index (χ0n) is 14.7. The predicted octanol–water partition coefficient (Wildman–Crippen LogP) is 5.64. The van der Waals surface area contributed by atoms with Gasteiger partial charge in [0.1, 0.15) is 0 Å². The molecular weight excluding hydrogens is 280 g/mol. The van der Waals surface area contributed by atoms with Crippen molar-refractivity contribution in [2.24, 2.45) is 10.9 Å². The van der Waals surface area contributed by atoms with E-state index in [9.17, 15) is 0 Å². The van der Waals surface area contributed by atoms with Crippen LogP contribution in [-0.2, 0) is 0 Å². The van der Waals surface area contributed by atoms with E-state index >= 15 is 0 Å². The van der Waals surface area contributed by atoms with Gasteiger partial charge in [0.25, 0.3) is 0 Å². The summed E-state index contributed by atoms with van der Waals surface area (Å²) in [6, 6.07) is 0.360. The van der Waals surface area contributed by atoms with Crippen LogP contribution in [0.15, 0.2) is 29.8 Å². The van der Waals surface area contributed by atoms with Crippen LogP contribution in [-0.4, -0.2) is 28.8 Å². The maximum absolute atomic E-state index is 6.47. The summed E-state index contributed by atoms with van der Waals surface area (Å²) in [4.78, 5) is 6.87. The van der Waals surface area contributed by atoms with Gasteiger partial charge in [-0.2, -0.15) is 0 Å². The van der Waals surface area contributed by atoms with E-state index < -0.39 is 0 Å². The second-order valence-corrected chi connectivity index (χ2v) is 6.34. The molecule has 0 amide bonds. The molecule has 0 aromatic rings. The Morgan fingerprint density at radius 1 is 1.33 bits per heavy atom. The minimum absolute atomic E-state index is 0.0600. The first-order valence-electron chi connectivity index (χ1n) is 8.10. The van der Waals surface area contributed by atoms with E-state index in [1.54, 1.807) is 0 Å². The van der Waals surface area contributed by atoms with Crippen molar-refractivity contribution in [1.29, 1.82) is 0 Å². The van der Waals surface area contributed by atoms with Crippen LogP contribution in [0.5, 0.6) is 0 Å². The van der Waals surface area contributed by atoms with Crippen molar-refractivity contribution in [3.05, 3.63) is 24.8 Å². The molecule has 3 heteroatoms. The normalized spacial score (nSPS) is 16.0. The van der Waals surface area contributed by atoms with Crippen molar-refractivity contribution in [1.82, 2.24) is 4.90 Å². The zero-order valence-corrected chi connectivity index (χ0v) is 15.5. The van der Waals surface area contributed by atoms with Gasteiger partial charge >= 0.3 is 0 Å². The molecule has 0 aromatic heterocycles. The van der Waals surface area contributed by atoms with Gasteiger partial charge in [0, 0.05) is 13.1 Å². The first kappa shape index (κ1) is 20.2. The standard InChI is InChI=1S/C18H33ClN2/c1-8-12-13-14-16(9-2)15(5)21(7)17(19)20-18(6,10-3)11-4/h8,12-13,15-16H,1,9-11,14H2,2-7H3/b13-12-,20-17?/t15-,16+/m0/s1. The molecule has 0 bridgehead atoms. The monoisotopic (exact) mass is 312 g/mol. The van der Waals surface area contributed by atoms with Gasteiger partial charge in [-0.05, 0) is 50.6 Å². The molecule has 0 saturated heterocycles. The van der Waals surface area contributed by atoms with Crippen LogP contribution in [0, 0.1) is 5.92 Å². The van der Waals surface area contributed by atoms with Gasteiger partial charge in [0.15, 0.2) is 5.29 Å². The molecule has 0 aliphatic carbocycles. The third-order valence-electron chi connectivity index (χ3n) is 4.71. The molecule has 0 aliphatic rings. The molecular formula is C18H33ClN2. The van der Waals surface area contributed by atoms with Crippen molar-refractivity contribution >= 4 is 16.9 Å². The zero-order chi connectivity index (χ0) is 16.5. The topological polar surface area (TPSA) is 15.6 Å². The van der Waals surface area contributed by atoms with Crippen LogP contribution in [0.1, 0.15) is 60.3 Å². The molecule has 122 valence electrons. The van der Waals surface area contributed by atoms with Crippen LogP contribution >= 0.6 is 11.6 Å². The largest absolute Gasteiger partial charge is 0.347 e. The van der Waals surface area contributed by atoms with Gasteiger partial charge in [-0.15, -0.1) is 0 Å². The Hall–Kier alpha value is -0.760. The second kappa shape index (κ2) is 10.0. The Morgan fingerprint density at radius 2 is 1.90 bits per heavy atom. The Morgan fingerprint density at radius 3 is 2.33 bits per heavy atom. The van der Waals surface area contributed by atoms with Gasteiger partial charge in [0.2, 0.25) is 0 Å². The summed E-state index contributed by atoms with van der Waals surface area (Å²) >= 11 is 6.47. The molecule has 0 rings (SSSR count). The summed E-state index contributed by atoms with van der Waals surface area (Å²) < 4.78 is 0.